The van der Waals surface area contributed by atoms with E-state index >= 15 is 0 Å². The number of amides is 3. The molecule has 4 N–H and O–H groups in total. The molecule has 1 unspecified atom stereocenters. The lowest BCUT2D eigenvalue weighted by Crippen LogP contribution is -2.37. The van der Waals surface area contributed by atoms with Crippen LogP contribution in [-0.4, -0.2) is 19.0 Å². The number of benzene rings is 2. The van der Waals surface area contributed by atoms with Gasteiger partial charge in [0.15, 0.2) is 0 Å². The summed E-state index contributed by atoms with van der Waals surface area (Å²) < 4.78 is 5.18. The Balaban J connectivity index is 2.04. The molecule has 6 heteroatoms. The van der Waals surface area contributed by atoms with Crippen LogP contribution in [0.5, 0.6) is 0 Å². The van der Waals surface area contributed by atoms with Crippen molar-refractivity contribution in [2.75, 3.05) is 7.11 Å². The van der Waals surface area contributed by atoms with Crippen LogP contribution < -0.4 is 16.4 Å². The number of aryl methyl sites for hydroxylation is 1. The second-order valence-corrected chi connectivity index (χ2v) is 6.10. The fourth-order valence-corrected chi connectivity index (χ4v) is 2.87. The van der Waals surface area contributed by atoms with Crippen LogP contribution in [-0.2, 0) is 22.7 Å². The summed E-state index contributed by atoms with van der Waals surface area (Å²) in [7, 11) is 1.64. The molecular weight excluding hydrogens is 330 g/mol. The number of primary amides is 1. The van der Waals surface area contributed by atoms with Crippen LogP contribution in [0, 0.1) is 6.92 Å². The molecule has 6 nitrogen and oxygen atoms in total. The molecule has 0 saturated carbocycles. The van der Waals surface area contributed by atoms with Crippen molar-refractivity contribution in [1.82, 2.24) is 10.6 Å². The van der Waals surface area contributed by atoms with E-state index in [4.69, 9.17) is 10.5 Å². The first kappa shape index (κ1) is 19.5. The van der Waals surface area contributed by atoms with Gasteiger partial charge < -0.3 is 21.1 Å². The van der Waals surface area contributed by atoms with Gasteiger partial charge in [0, 0.05) is 13.7 Å². The average molecular weight is 355 g/mol. The van der Waals surface area contributed by atoms with E-state index < -0.39 is 12.1 Å². The monoisotopic (exact) mass is 355 g/mol. The standard InChI is InChI=1S/C20H25N3O3/c1-14-7-3-6-10-17(14)18(23-20(21)25)11-19(24)22-12-15-8-4-5-9-16(15)13-26-2/h3-10,18H,11-13H2,1-2H3,(H,22,24)(H3,21,23,25). The summed E-state index contributed by atoms with van der Waals surface area (Å²) in [5.74, 6) is -0.167. The normalized spacial score (nSPS) is 11.6. The first-order valence-corrected chi connectivity index (χ1v) is 8.45. The average Bonchev–Trinajstić information content (AvgIpc) is 2.61. The van der Waals surface area contributed by atoms with E-state index in [2.05, 4.69) is 10.6 Å². The molecular formula is C20H25N3O3. The zero-order chi connectivity index (χ0) is 18.9. The van der Waals surface area contributed by atoms with Crippen molar-refractivity contribution in [2.45, 2.75) is 32.5 Å². The molecule has 138 valence electrons. The lowest BCUT2D eigenvalue weighted by atomic mass is 9.98. The minimum absolute atomic E-state index is 0.111. The van der Waals surface area contributed by atoms with Crippen LogP contribution in [0.2, 0.25) is 0 Å². The number of rotatable bonds is 8. The molecule has 2 aromatic rings. The molecule has 2 aromatic carbocycles. The molecule has 0 aliphatic carbocycles. The third-order valence-corrected chi connectivity index (χ3v) is 4.16. The van der Waals surface area contributed by atoms with Crippen molar-refractivity contribution in [1.29, 1.82) is 0 Å². The smallest absolute Gasteiger partial charge is 0.312 e. The molecule has 0 aliphatic rings. The predicted octanol–water partition coefficient (Wildman–Crippen LogP) is 2.56. The minimum atomic E-state index is -0.656. The highest BCUT2D eigenvalue weighted by Gasteiger charge is 2.19. The third kappa shape index (κ3) is 5.60. The van der Waals surface area contributed by atoms with E-state index in [-0.39, 0.29) is 12.3 Å². The molecule has 26 heavy (non-hydrogen) atoms. The van der Waals surface area contributed by atoms with E-state index in [0.29, 0.717) is 13.2 Å². The number of nitrogens with one attached hydrogen (secondary N) is 2. The number of hydrogen-bond donors (Lipinski definition) is 3. The second-order valence-electron chi connectivity index (χ2n) is 6.10. The number of carbonyl (C=O) groups excluding carboxylic acids is 2. The maximum Gasteiger partial charge on any atom is 0.312 e. The first-order valence-electron chi connectivity index (χ1n) is 8.45. The lowest BCUT2D eigenvalue weighted by molar-refractivity contribution is -0.121. The SMILES string of the molecule is COCc1ccccc1CNC(=O)CC(NC(N)=O)c1ccccc1C. The van der Waals surface area contributed by atoms with Crippen molar-refractivity contribution in [3.05, 3.63) is 70.8 Å². The Kier molecular flexibility index (Phi) is 7.17. The van der Waals surface area contributed by atoms with E-state index in [1.165, 1.54) is 0 Å². The lowest BCUT2D eigenvalue weighted by Gasteiger charge is -2.20. The maximum atomic E-state index is 12.4. The van der Waals surface area contributed by atoms with Gasteiger partial charge in [-0.3, -0.25) is 4.79 Å². The molecule has 3 amide bonds. The van der Waals surface area contributed by atoms with Crippen LogP contribution in [0.3, 0.4) is 0 Å². The van der Waals surface area contributed by atoms with Crippen molar-refractivity contribution in [3.8, 4) is 0 Å². The quantitative estimate of drug-likeness (QED) is 0.679. The molecule has 0 heterocycles. The van der Waals surface area contributed by atoms with E-state index in [1.54, 1.807) is 7.11 Å². The Morgan fingerprint density at radius 1 is 1.08 bits per heavy atom. The van der Waals surface area contributed by atoms with Crippen LogP contribution in [0.1, 0.15) is 34.7 Å². The second kappa shape index (κ2) is 9.58. The summed E-state index contributed by atoms with van der Waals surface area (Å²) >= 11 is 0. The van der Waals surface area contributed by atoms with Crippen LogP contribution in [0.4, 0.5) is 4.79 Å². The Labute approximate surface area is 153 Å². The van der Waals surface area contributed by atoms with Gasteiger partial charge in [-0.05, 0) is 29.2 Å². The number of hydrogen-bond acceptors (Lipinski definition) is 3. The highest BCUT2D eigenvalue weighted by atomic mass is 16.5. The number of methoxy groups -OCH3 is 1. The van der Waals surface area contributed by atoms with Gasteiger partial charge in [-0.15, -0.1) is 0 Å². The topological polar surface area (TPSA) is 93.4 Å². The third-order valence-electron chi connectivity index (χ3n) is 4.16. The summed E-state index contributed by atoms with van der Waals surface area (Å²) in [6.45, 7) is 2.82. The predicted molar refractivity (Wildman–Crippen MR) is 100 cm³/mol. The molecule has 0 aliphatic heterocycles. The van der Waals surface area contributed by atoms with E-state index in [0.717, 1.165) is 22.3 Å². The zero-order valence-corrected chi connectivity index (χ0v) is 15.1. The molecule has 1 atom stereocenters. The molecule has 0 spiro atoms. The molecule has 0 radical (unpaired) electrons. The summed E-state index contributed by atoms with van der Waals surface area (Å²) in [5.41, 5.74) is 9.17. The largest absolute Gasteiger partial charge is 0.380 e. The maximum absolute atomic E-state index is 12.4. The molecule has 0 saturated heterocycles. The number of nitrogens with two attached hydrogens (primary N) is 1. The highest BCUT2D eigenvalue weighted by Crippen LogP contribution is 2.20. The van der Waals surface area contributed by atoms with Crippen LogP contribution in [0.25, 0.3) is 0 Å². The molecule has 2 rings (SSSR count). The summed E-state index contributed by atoms with van der Waals surface area (Å²) in [6.07, 6.45) is 0.111. The zero-order valence-electron chi connectivity index (χ0n) is 15.1. The van der Waals surface area contributed by atoms with E-state index in [1.807, 2.05) is 55.5 Å². The fourth-order valence-electron chi connectivity index (χ4n) is 2.87. The van der Waals surface area contributed by atoms with Gasteiger partial charge in [-0.2, -0.15) is 0 Å². The van der Waals surface area contributed by atoms with Gasteiger partial charge in [0.1, 0.15) is 0 Å². The van der Waals surface area contributed by atoms with Gasteiger partial charge in [0.25, 0.3) is 0 Å². The summed E-state index contributed by atoms with van der Waals surface area (Å²) in [4.78, 5) is 23.8. The Morgan fingerprint density at radius 3 is 2.38 bits per heavy atom. The van der Waals surface area contributed by atoms with Gasteiger partial charge in [-0.1, -0.05) is 48.5 Å². The van der Waals surface area contributed by atoms with E-state index in [9.17, 15) is 9.59 Å². The van der Waals surface area contributed by atoms with Crippen LogP contribution in [0.15, 0.2) is 48.5 Å². The summed E-state index contributed by atoms with van der Waals surface area (Å²) in [5, 5.41) is 5.56. The van der Waals surface area contributed by atoms with Crippen molar-refractivity contribution in [3.63, 3.8) is 0 Å². The molecule has 0 fully saturated rings. The molecule has 0 aromatic heterocycles. The minimum Gasteiger partial charge on any atom is -0.380 e. The highest BCUT2D eigenvalue weighted by molar-refractivity contribution is 5.79. The van der Waals surface area contributed by atoms with Crippen molar-refractivity contribution >= 4 is 11.9 Å². The van der Waals surface area contributed by atoms with Gasteiger partial charge in [0.05, 0.1) is 19.1 Å². The van der Waals surface area contributed by atoms with Crippen LogP contribution >= 0.6 is 0 Å². The summed E-state index contributed by atoms with van der Waals surface area (Å²) in [6, 6.07) is 14.3. The molecule has 0 bridgehead atoms. The Hall–Kier alpha value is -2.86. The Morgan fingerprint density at radius 2 is 1.73 bits per heavy atom. The van der Waals surface area contributed by atoms with Gasteiger partial charge >= 0.3 is 6.03 Å². The number of ether oxygens (including phenoxy) is 1. The number of urea groups is 1. The van der Waals surface area contributed by atoms with Crippen molar-refractivity contribution < 1.29 is 14.3 Å². The number of carbonyl (C=O) groups is 2. The Bertz CT molecular complexity index is 761. The first-order chi connectivity index (χ1) is 12.5. The fraction of sp³-hybridized carbons (Fsp3) is 0.300. The van der Waals surface area contributed by atoms with Gasteiger partial charge in [-0.25, -0.2) is 4.79 Å². The van der Waals surface area contributed by atoms with Gasteiger partial charge in [0.2, 0.25) is 5.91 Å². The van der Waals surface area contributed by atoms with Crippen molar-refractivity contribution in [2.24, 2.45) is 5.73 Å².